The molecule has 0 saturated heterocycles. The molecule has 4 heteroatoms. The van der Waals surface area contributed by atoms with Crippen molar-refractivity contribution in [1.29, 1.82) is 0 Å². The van der Waals surface area contributed by atoms with Crippen molar-refractivity contribution in [3.05, 3.63) is 0 Å². The van der Waals surface area contributed by atoms with Gasteiger partial charge in [0.15, 0.2) is 5.78 Å². The second kappa shape index (κ2) is 4.44. The molecule has 3 nitrogen and oxygen atoms in total. The van der Waals surface area contributed by atoms with Gasteiger partial charge in [0.2, 0.25) is 0 Å². The Hall–Kier alpha value is -0.380. The van der Waals surface area contributed by atoms with Gasteiger partial charge in [0.25, 0.3) is 0 Å². The Labute approximate surface area is 72.1 Å². The van der Waals surface area contributed by atoms with Crippen LogP contribution in [0.1, 0.15) is 17.4 Å². The Balaban J connectivity index is 4.20. The predicted octanol–water partition coefficient (Wildman–Crippen LogP) is 0.902. The third kappa shape index (κ3) is 3.61. The lowest BCUT2D eigenvalue weighted by atomic mass is 10.2. The first-order valence-electron chi connectivity index (χ1n) is 4.02. The number of ether oxygens (including phenoxy) is 1. The maximum atomic E-state index is 11.1. The van der Waals surface area contributed by atoms with Gasteiger partial charge in [-0.1, -0.05) is 15.9 Å². The van der Waals surface area contributed by atoms with E-state index in [1.807, 2.05) is 0 Å². The molecule has 1 unspecified atom stereocenters. The molecule has 0 saturated carbocycles. The normalized spacial score (nSPS) is 18.0. The van der Waals surface area contributed by atoms with Crippen molar-refractivity contribution in [2.24, 2.45) is 0 Å². The molecule has 0 aromatic heterocycles. The Morgan fingerprint density at radius 1 is 1.80 bits per heavy atom. The average Bonchev–Trinajstić information content (AvgIpc) is 2.01. The van der Waals surface area contributed by atoms with Crippen LogP contribution >= 0.6 is 15.9 Å². The summed E-state index contributed by atoms with van der Waals surface area (Å²) in [7, 11) is 1.13. The van der Waals surface area contributed by atoms with Crippen LogP contribution in [0.5, 0.6) is 0 Å². The summed E-state index contributed by atoms with van der Waals surface area (Å²) in [4.78, 5) is 20.4. The van der Waals surface area contributed by atoms with Crippen LogP contribution in [0.4, 0.5) is 0 Å². The van der Waals surface area contributed by atoms with Gasteiger partial charge in [-0.25, -0.2) is 0 Å². The second-order valence-electron chi connectivity index (χ2n) is 1.58. The highest BCUT2D eigenvalue weighted by Gasteiger charge is 2.13. The smallest absolute Gasteiger partial charge is 0.313 e. The number of esters is 1. The van der Waals surface area contributed by atoms with Crippen molar-refractivity contribution >= 4 is 27.7 Å². The van der Waals surface area contributed by atoms with E-state index in [4.69, 9.17) is 4.11 Å². The van der Waals surface area contributed by atoms with Crippen molar-refractivity contribution in [3.63, 3.8) is 0 Å². The van der Waals surface area contributed by atoms with Crippen LogP contribution < -0.4 is 0 Å². The van der Waals surface area contributed by atoms with Crippen LogP contribution in [-0.4, -0.2) is 23.7 Å². The molecule has 0 rings (SSSR count). The van der Waals surface area contributed by atoms with Crippen LogP contribution in [0, 0.1) is 0 Å². The Kier molecular flexibility index (Phi) is 2.35. The number of alkyl halides is 1. The first-order valence-corrected chi connectivity index (χ1v) is 3.44. The van der Waals surface area contributed by atoms with Gasteiger partial charge < -0.3 is 4.74 Å². The van der Waals surface area contributed by atoms with Gasteiger partial charge in [0, 0.05) is 4.11 Å². The minimum absolute atomic E-state index is 0.523. The number of Topliss-reactive ketones (excluding diaryl/α,β-unsaturated/α-hetero) is 1. The first-order chi connectivity index (χ1) is 5.79. The van der Waals surface area contributed by atoms with Gasteiger partial charge in [-0.05, 0) is 6.85 Å². The van der Waals surface area contributed by atoms with Crippen LogP contribution in [0.15, 0.2) is 0 Å². The summed E-state index contributed by atoms with van der Waals surface area (Å²) in [5.41, 5.74) is 0. The van der Waals surface area contributed by atoms with E-state index in [-0.39, 0.29) is 0 Å². The lowest BCUT2D eigenvalue weighted by Crippen LogP contribution is -2.15. The highest BCUT2D eigenvalue weighted by Crippen LogP contribution is 2.02. The zero-order chi connectivity index (χ0) is 10.6. The van der Waals surface area contributed by atoms with Crippen LogP contribution in [0.25, 0.3) is 0 Å². The zero-order valence-electron chi connectivity index (χ0n) is 8.39. The molecule has 0 aromatic carbocycles. The van der Waals surface area contributed by atoms with Gasteiger partial charge >= 0.3 is 5.97 Å². The van der Waals surface area contributed by atoms with Crippen molar-refractivity contribution in [3.8, 4) is 0 Å². The van der Waals surface area contributed by atoms with Crippen molar-refractivity contribution in [2.75, 3.05) is 7.11 Å². The summed E-state index contributed by atoms with van der Waals surface area (Å²) in [6.07, 6.45) is -0.523. The largest absolute Gasteiger partial charge is 0.469 e. The van der Waals surface area contributed by atoms with E-state index in [1.165, 1.54) is 0 Å². The number of hydrogen-bond acceptors (Lipinski definition) is 3. The Morgan fingerprint density at radius 2 is 2.40 bits per heavy atom. The molecule has 0 aliphatic rings. The van der Waals surface area contributed by atoms with E-state index in [1.54, 1.807) is 0 Å². The predicted molar refractivity (Wildman–Crippen MR) is 40.0 cm³/mol. The molecule has 0 fully saturated rings. The van der Waals surface area contributed by atoms with Gasteiger partial charge in [-0.3, -0.25) is 9.59 Å². The molecule has 0 bridgehead atoms. The summed E-state index contributed by atoms with van der Waals surface area (Å²) in [5, 5.41) is 0. The van der Waals surface area contributed by atoms with E-state index in [0.29, 0.717) is 0 Å². The summed E-state index contributed by atoms with van der Waals surface area (Å²) in [6.45, 7) is -2.43. The van der Waals surface area contributed by atoms with Crippen molar-refractivity contribution in [1.82, 2.24) is 0 Å². The van der Waals surface area contributed by atoms with Crippen LogP contribution in [-0.2, 0) is 14.3 Å². The molecule has 0 heterocycles. The number of halogens is 1. The van der Waals surface area contributed by atoms with E-state index < -0.39 is 29.9 Å². The van der Waals surface area contributed by atoms with Crippen molar-refractivity contribution < 1.29 is 18.4 Å². The number of carbonyl (C=O) groups excluding carboxylic acids is 2. The molecule has 0 amide bonds. The second-order valence-corrected chi connectivity index (χ2v) is 2.50. The lowest BCUT2D eigenvalue weighted by molar-refractivity contribution is -0.143. The molecular weight excluding hydrogens is 200 g/mol. The van der Waals surface area contributed by atoms with Gasteiger partial charge in [-0.15, -0.1) is 0 Å². The molecule has 10 heavy (non-hydrogen) atoms. The number of carbonyl (C=O) groups is 2. The van der Waals surface area contributed by atoms with E-state index in [2.05, 4.69) is 20.7 Å². The molecule has 0 N–H and O–H groups in total. The molecule has 0 radical (unpaired) electrons. The minimum Gasteiger partial charge on any atom is -0.469 e. The number of ketones is 1. The quantitative estimate of drug-likeness (QED) is 0.396. The number of rotatable bonds is 3. The number of methoxy groups -OCH3 is 1. The van der Waals surface area contributed by atoms with E-state index >= 15 is 0 Å². The summed E-state index contributed by atoms with van der Waals surface area (Å²) >= 11 is 2.70. The third-order valence-electron chi connectivity index (χ3n) is 0.829. The Morgan fingerprint density at radius 3 is 2.80 bits per heavy atom. The SMILES string of the molecule is [2H]C([2H])([2H])C(Br)C(=O)CC(=O)OC. The molecule has 58 valence electrons. The summed E-state index contributed by atoms with van der Waals surface area (Å²) < 4.78 is 24.9. The zero-order valence-corrected chi connectivity index (χ0v) is 6.97. The highest BCUT2D eigenvalue weighted by atomic mass is 79.9. The fraction of sp³-hybridized carbons (Fsp3) is 0.667. The lowest BCUT2D eigenvalue weighted by Gasteiger charge is -1.99. The molecule has 0 aliphatic carbocycles. The third-order valence-corrected chi connectivity index (χ3v) is 1.34. The van der Waals surface area contributed by atoms with Crippen LogP contribution in [0.3, 0.4) is 0 Å². The van der Waals surface area contributed by atoms with Crippen molar-refractivity contribution in [2.45, 2.75) is 18.1 Å². The minimum atomic E-state index is -2.43. The molecule has 0 aromatic rings. The maximum Gasteiger partial charge on any atom is 0.313 e. The van der Waals surface area contributed by atoms with Gasteiger partial charge in [0.05, 0.1) is 11.9 Å². The van der Waals surface area contributed by atoms with E-state index in [9.17, 15) is 9.59 Å². The molecule has 0 aliphatic heterocycles. The molecule has 0 spiro atoms. The standard InChI is InChI=1S/C6H9BrO3/c1-4(7)5(8)3-6(9)10-2/h4H,3H2,1-2H3/i1D3. The average molecular weight is 212 g/mol. The topological polar surface area (TPSA) is 43.4 Å². The maximum absolute atomic E-state index is 11.1. The van der Waals surface area contributed by atoms with E-state index in [0.717, 1.165) is 7.11 Å². The van der Waals surface area contributed by atoms with Gasteiger partial charge in [0.1, 0.15) is 6.42 Å². The van der Waals surface area contributed by atoms with Gasteiger partial charge in [-0.2, -0.15) is 0 Å². The fourth-order valence-electron chi connectivity index (χ4n) is 0.304. The number of hydrogen-bond donors (Lipinski definition) is 0. The first kappa shape index (κ1) is 5.29. The monoisotopic (exact) mass is 211 g/mol. The summed E-state index contributed by atoms with van der Waals surface area (Å²) in [5.74, 6) is -1.44. The highest BCUT2D eigenvalue weighted by molar-refractivity contribution is 9.10. The van der Waals surface area contributed by atoms with Crippen LogP contribution in [0.2, 0.25) is 0 Å². The molecular formula is C6H9BrO3. The summed E-state index contributed by atoms with van der Waals surface area (Å²) in [6, 6.07) is 0. The fourth-order valence-corrected chi connectivity index (χ4v) is 0.466. The molecule has 1 atom stereocenters. The Bertz CT molecular complexity index is 214.